The average molecular weight is 419 g/mol. The molecule has 0 bridgehead atoms. The van der Waals surface area contributed by atoms with Gasteiger partial charge in [-0.1, -0.05) is 91.0 Å². The Balaban J connectivity index is 1.92. The Morgan fingerprint density at radius 2 is 1.29 bits per heavy atom. The molecule has 0 saturated heterocycles. The van der Waals surface area contributed by atoms with E-state index in [1.165, 1.54) is 0 Å². The van der Waals surface area contributed by atoms with Crippen LogP contribution in [0, 0.1) is 0 Å². The number of nitrogens with zero attached hydrogens (tertiary/aromatic N) is 1. The SMILES string of the molecule is O=C(O)[C@H](O)[C@H](O)[C@@H](COCc1ccccc1)N=C(c1ccccc1)c1ccccc1. The topological polar surface area (TPSA) is 99.4 Å². The molecule has 3 N–H and O–H groups in total. The molecular weight excluding hydrogens is 394 g/mol. The van der Waals surface area contributed by atoms with Crippen molar-refractivity contribution in [2.75, 3.05) is 6.61 Å². The molecule has 3 aromatic carbocycles. The summed E-state index contributed by atoms with van der Waals surface area (Å²) in [7, 11) is 0. The van der Waals surface area contributed by atoms with Crippen molar-refractivity contribution in [3.05, 3.63) is 108 Å². The Bertz CT molecular complexity index is 935. The molecule has 0 heterocycles. The van der Waals surface area contributed by atoms with Gasteiger partial charge in [0.1, 0.15) is 12.1 Å². The third kappa shape index (κ3) is 6.33. The maximum atomic E-state index is 11.3. The first-order chi connectivity index (χ1) is 15.1. The summed E-state index contributed by atoms with van der Waals surface area (Å²) in [6.07, 6.45) is -3.63. The third-order valence-electron chi connectivity index (χ3n) is 4.76. The highest BCUT2D eigenvalue weighted by Gasteiger charge is 2.32. The molecule has 0 amide bonds. The molecule has 0 unspecified atom stereocenters. The fourth-order valence-electron chi connectivity index (χ4n) is 3.11. The van der Waals surface area contributed by atoms with Gasteiger partial charge in [-0.25, -0.2) is 4.79 Å². The lowest BCUT2D eigenvalue weighted by atomic mass is 10.0. The highest BCUT2D eigenvalue weighted by atomic mass is 16.5. The van der Waals surface area contributed by atoms with Gasteiger partial charge in [0, 0.05) is 11.1 Å². The van der Waals surface area contributed by atoms with E-state index in [1.807, 2.05) is 91.0 Å². The van der Waals surface area contributed by atoms with Crippen molar-refractivity contribution in [3.8, 4) is 0 Å². The minimum atomic E-state index is -1.98. The smallest absolute Gasteiger partial charge is 0.335 e. The van der Waals surface area contributed by atoms with Gasteiger partial charge in [-0.15, -0.1) is 0 Å². The van der Waals surface area contributed by atoms with Crippen molar-refractivity contribution >= 4 is 11.7 Å². The predicted molar refractivity (Wildman–Crippen MR) is 118 cm³/mol. The summed E-state index contributed by atoms with van der Waals surface area (Å²) in [6.45, 7) is 0.207. The molecule has 3 aromatic rings. The summed E-state index contributed by atoms with van der Waals surface area (Å²) < 4.78 is 5.73. The van der Waals surface area contributed by atoms with Crippen LogP contribution in [0.2, 0.25) is 0 Å². The van der Waals surface area contributed by atoms with E-state index in [0.29, 0.717) is 5.71 Å². The first kappa shape index (κ1) is 22.4. The van der Waals surface area contributed by atoms with Gasteiger partial charge in [0.2, 0.25) is 0 Å². The molecule has 0 radical (unpaired) electrons. The number of carboxylic acids is 1. The summed E-state index contributed by atoms with van der Waals surface area (Å²) in [6, 6.07) is 27.3. The van der Waals surface area contributed by atoms with E-state index >= 15 is 0 Å². The normalized spacial score (nSPS) is 13.7. The summed E-state index contributed by atoms with van der Waals surface area (Å²) in [5, 5.41) is 29.7. The molecular formula is C25H25NO5. The molecule has 3 atom stereocenters. The lowest BCUT2D eigenvalue weighted by Crippen LogP contribution is -2.44. The highest BCUT2D eigenvalue weighted by molar-refractivity contribution is 6.13. The van der Waals surface area contributed by atoms with E-state index in [-0.39, 0.29) is 13.2 Å². The Hall–Kier alpha value is -3.32. The fraction of sp³-hybridized carbons (Fsp3) is 0.200. The number of aliphatic imine (C=N–C) groups is 1. The van der Waals surface area contributed by atoms with Crippen LogP contribution in [-0.4, -0.2) is 51.9 Å². The van der Waals surface area contributed by atoms with Gasteiger partial charge >= 0.3 is 5.97 Å². The Kier molecular flexibility index (Phi) is 8.06. The van der Waals surface area contributed by atoms with Gasteiger partial charge in [0.15, 0.2) is 6.10 Å². The summed E-state index contributed by atoms with van der Waals surface area (Å²) in [5.74, 6) is -1.52. The number of aliphatic carboxylic acids is 1. The molecule has 0 aliphatic heterocycles. The Labute approximate surface area is 181 Å². The molecule has 3 rings (SSSR count). The standard InChI is InChI=1S/C25H25NO5/c27-23(24(28)25(29)30)21(17-31-16-18-10-4-1-5-11-18)26-22(19-12-6-2-7-13-19)20-14-8-3-9-15-20/h1-15,21,23-24,27-28H,16-17H2,(H,29,30)/t21-,23-,24-/m1/s1. The minimum absolute atomic E-state index is 0.0659. The summed E-state index contributed by atoms with van der Waals surface area (Å²) >= 11 is 0. The van der Waals surface area contributed by atoms with Crippen LogP contribution in [0.25, 0.3) is 0 Å². The second-order valence-electron chi connectivity index (χ2n) is 7.05. The highest BCUT2D eigenvalue weighted by Crippen LogP contribution is 2.16. The molecule has 0 aliphatic rings. The van der Waals surface area contributed by atoms with Gasteiger partial charge in [-0.3, -0.25) is 4.99 Å². The van der Waals surface area contributed by atoms with E-state index in [2.05, 4.69) is 4.99 Å². The Morgan fingerprint density at radius 3 is 1.77 bits per heavy atom. The molecule has 0 saturated carbocycles. The molecule has 0 fully saturated rings. The number of carbonyl (C=O) groups is 1. The van der Waals surface area contributed by atoms with Crippen LogP contribution in [0.1, 0.15) is 16.7 Å². The number of aliphatic hydroxyl groups excluding tert-OH is 2. The zero-order valence-electron chi connectivity index (χ0n) is 16.9. The van der Waals surface area contributed by atoms with E-state index in [4.69, 9.17) is 4.74 Å². The molecule has 0 aromatic heterocycles. The lowest BCUT2D eigenvalue weighted by Gasteiger charge is -2.23. The number of benzene rings is 3. The van der Waals surface area contributed by atoms with E-state index < -0.39 is 24.2 Å². The zero-order valence-corrected chi connectivity index (χ0v) is 16.9. The van der Waals surface area contributed by atoms with Crippen LogP contribution in [0.15, 0.2) is 96.0 Å². The maximum absolute atomic E-state index is 11.3. The van der Waals surface area contributed by atoms with Crippen molar-refractivity contribution in [2.45, 2.75) is 24.9 Å². The van der Waals surface area contributed by atoms with Crippen LogP contribution in [0.5, 0.6) is 0 Å². The van der Waals surface area contributed by atoms with Crippen molar-refractivity contribution in [1.29, 1.82) is 0 Å². The van der Waals surface area contributed by atoms with Crippen molar-refractivity contribution in [3.63, 3.8) is 0 Å². The minimum Gasteiger partial charge on any atom is -0.479 e. The molecule has 6 nitrogen and oxygen atoms in total. The van der Waals surface area contributed by atoms with E-state index in [1.54, 1.807) is 0 Å². The fourth-order valence-corrected chi connectivity index (χ4v) is 3.11. The predicted octanol–water partition coefficient (Wildman–Crippen LogP) is 2.92. The monoisotopic (exact) mass is 419 g/mol. The number of rotatable bonds is 10. The van der Waals surface area contributed by atoms with Gasteiger partial charge < -0.3 is 20.1 Å². The first-order valence-corrected chi connectivity index (χ1v) is 9.95. The number of carboxylic acid groups (broad SMARTS) is 1. The molecule has 31 heavy (non-hydrogen) atoms. The van der Waals surface area contributed by atoms with Crippen LogP contribution < -0.4 is 0 Å². The quantitative estimate of drug-likeness (QED) is 0.439. The van der Waals surface area contributed by atoms with Gasteiger partial charge in [0.05, 0.1) is 18.9 Å². The van der Waals surface area contributed by atoms with Crippen LogP contribution >= 0.6 is 0 Å². The second kappa shape index (κ2) is 11.2. The van der Waals surface area contributed by atoms with Crippen molar-refractivity contribution < 1.29 is 24.9 Å². The second-order valence-corrected chi connectivity index (χ2v) is 7.05. The molecule has 160 valence electrons. The lowest BCUT2D eigenvalue weighted by molar-refractivity contribution is -0.154. The number of hydrogen-bond acceptors (Lipinski definition) is 5. The van der Waals surface area contributed by atoms with Crippen molar-refractivity contribution in [2.24, 2.45) is 4.99 Å². The molecule has 0 aliphatic carbocycles. The number of ether oxygens (including phenoxy) is 1. The first-order valence-electron chi connectivity index (χ1n) is 9.95. The van der Waals surface area contributed by atoms with Crippen LogP contribution in [0.4, 0.5) is 0 Å². The van der Waals surface area contributed by atoms with E-state index in [9.17, 15) is 20.1 Å². The number of hydrogen-bond donors (Lipinski definition) is 3. The maximum Gasteiger partial charge on any atom is 0.335 e. The van der Waals surface area contributed by atoms with Crippen LogP contribution in [0.3, 0.4) is 0 Å². The third-order valence-corrected chi connectivity index (χ3v) is 4.76. The van der Waals surface area contributed by atoms with E-state index in [0.717, 1.165) is 16.7 Å². The molecule has 6 heteroatoms. The van der Waals surface area contributed by atoms with Gasteiger partial charge in [0.25, 0.3) is 0 Å². The largest absolute Gasteiger partial charge is 0.479 e. The van der Waals surface area contributed by atoms with Crippen molar-refractivity contribution in [1.82, 2.24) is 0 Å². The number of aliphatic hydroxyl groups is 2. The van der Waals surface area contributed by atoms with Crippen LogP contribution in [-0.2, 0) is 16.1 Å². The Morgan fingerprint density at radius 1 is 0.806 bits per heavy atom. The summed E-state index contributed by atoms with van der Waals surface area (Å²) in [5.41, 5.74) is 3.12. The average Bonchev–Trinajstić information content (AvgIpc) is 2.82. The van der Waals surface area contributed by atoms with Gasteiger partial charge in [-0.2, -0.15) is 0 Å². The zero-order chi connectivity index (χ0) is 22.1. The van der Waals surface area contributed by atoms with Gasteiger partial charge in [-0.05, 0) is 5.56 Å². The molecule has 0 spiro atoms. The summed E-state index contributed by atoms with van der Waals surface area (Å²) in [4.78, 5) is 15.9.